The Balaban J connectivity index is 1.73. The molecule has 2 aromatic carbocycles. The maximum absolute atomic E-state index is 12.0. The number of ether oxygens (including phenoxy) is 3. The zero-order valence-electron chi connectivity index (χ0n) is 14.0. The van der Waals surface area contributed by atoms with Gasteiger partial charge in [0.15, 0.2) is 11.5 Å². The van der Waals surface area contributed by atoms with Gasteiger partial charge in [0.05, 0.1) is 6.61 Å². The summed E-state index contributed by atoms with van der Waals surface area (Å²) in [5.41, 5.74) is 2.02. The number of esters is 1. The van der Waals surface area contributed by atoms with Gasteiger partial charge in [-0.3, -0.25) is 4.79 Å². The molecule has 2 aromatic rings. The van der Waals surface area contributed by atoms with Crippen molar-refractivity contribution in [2.24, 2.45) is 0 Å². The van der Waals surface area contributed by atoms with Gasteiger partial charge in [-0.15, -0.1) is 0 Å². The quantitative estimate of drug-likeness (QED) is 0.769. The third-order valence-corrected chi connectivity index (χ3v) is 4.42. The number of nitrogens with two attached hydrogens (primary N) is 1. The standard InChI is InChI=1S/C19H20ClNO4/c1-2-23-19(22)10-16(14-5-3-4-6-15(14)20)21-11-13-7-8-17-18(9-13)25-12-24-17/h3-9,16,21H,2,10-12H2,1H3/p+1. The number of fused-ring (bicyclic) bond motifs is 1. The largest absolute Gasteiger partial charge is 0.466 e. The van der Waals surface area contributed by atoms with E-state index in [0.29, 0.717) is 18.2 Å². The van der Waals surface area contributed by atoms with Crippen molar-refractivity contribution in [3.8, 4) is 11.5 Å². The number of halogens is 1. The summed E-state index contributed by atoms with van der Waals surface area (Å²) in [5, 5.41) is 2.74. The molecule has 1 atom stereocenters. The normalized spacial score (nSPS) is 13.5. The molecule has 3 rings (SSSR count). The Hall–Kier alpha value is -2.24. The van der Waals surface area contributed by atoms with E-state index in [-0.39, 0.29) is 25.2 Å². The van der Waals surface area contributed by atoms with E-state index in [0.717, 1.165) is 22.6 Å². The summed E-state index contributed by atoms with van der Waals surface area (Å²) < 4.78 is 15.9. The summed E-state index contributed by atoms with van der Waals surface area (Å²) >= 11 is 6.33. The highest BCUT2D eigenvalue weighted by atomic mass is 35.5. The van der Waals surface area contributed by atoms with Crippen molar-refractivity contribution < 1.29 is 24.3 Å². The molecule has 0 amide bonds. The second-order valence-corrected chi connectivity index (χ2v) is 6.17. The lowest BCUT2D eigenvalue weighted by Crippen LogP contribution is -2.84. The Labute approximate surface area is 151 Å². The zero-order valence-corrected chi connectivity index (χ0v) is 14.8. The highest BCUT2D eigenvalue weighted by Crippen LogP contribution is 2.32. The number of quaternary nitrogens is 1. The van der Waals surface area contributed by atoms with Crippen LogP contribution in [0, 0.1) is 0 Å². The molecule has 1 unspecified atom stereocenters. The summed E-state index contributed by atoms with van der Waals surface area (Å²) in [5.74, 6) is 1.29. The fourth-order valence-electron chi connectivity index (χ4n) is 2.84. The number of rotatable bonds is 7. The summed E-state index contributed by atoms with van der Waals surface area (Å²) in [4.78, 5) is 12.0. The lowest BCUT2D eigenvalue weighted by Gasteiger charge is -2.17. The monoisotopic (exact) mass is 362 g/mol. The average Bonchev–Trinajstić information content (AvgIpc) is 3.07. The highest BCUT2D eigenvalue weighted by molar-refractivity contribution is 6.31. The van der Waals surface area contributed by atoms with Crippen LogP contribution in [0.4, 0.5) is 0 Å². The fourth-order valence-corrected chi connectivity index (χ4v) is 3.12. The van der Waals surface area contributed by atoms with Crippen molar-refractivity contribution in [2.75, 3.05) is 13.4 Å². The van der Waals surface area contributed by atoms with Crippen LogP contribution in [0.25, 0.3) is 0 Å². The minimum absolute atomic E-state index is 0.113. The average molecular weight is 363 g/mol. The van der Waals surface area contributed by atoms with E-state index in [1.54, 1.807) is 6.92 Å². The van der Waals surface area contributed by atoms with E-state index in [1.807, 2.05) is 42.5 Å². The Kier molecular flexibility index (Phi) is 5.79. The van der Waals surface area contributed by atoms with Gasteiger partial charge in [0, 0.05) is 16.1 Å². The van der Waals surface area contributed by atoms with E-state index >= 15 is 0 Å². The van der Waals surface area contributed by atoms with Crippen molar-refractivity contribution in [2.45, 2.75) is 25.9 Å². The molecule has 0 spiro atoms. The van der Waals surface area contributed by atoms with Crippen molar-refractivity contribution in [3.63, 3.8) is 0 Å². The molecule has 0 aliphatic carbocycles. The van der Waals surface area contributed by atoms with E-state index in [9.17, 15) is 4.79 Å². The molecule has 1 heterocycles. The molecule has 5 nitrogen and oxygen atoms in total. The van der Waals surface area contributed by atoms with Gasteiger partial charge in [-0.25, -0.2) is 0 Å². The first-order valence-corrected chi connectivity index (χ1v) is 8.67. The van der Waals surface area contributed by atoms with Gasteiger partial charge in [0.2, 0.25) is 6.79 Å². The Bertz CT molecular complexity index is 750. The molecule has 6 heteroatoms. The van der Waals surface area contributed by atoms with Gasteiger partial charge >= 0.3 is 5.97 Å². The number of benzene rings is 2. The van der Waals surface area contributed by atoms with Crippen LogP contribution in [-0.4, -0.2) is 19.4 Å². The van der Waals surface area contributed by atoms with Crippen LogP contribution in [0.3, 0.4) is 0 Å². The lowest BCUT2D eigenvalue weighted by atomic mass is 10.0. The van der Waals surface area contributed by atoms with Gasteiger partial charge < -0.3 is 19.5 Å². The Morgan fingerprint density at radius 1 is 1.24 bits per heavy atom. The third kappa shape index (κ3) is 4.44. The molecule has 132 valence electrons. The predicted molar refractivity (Wildman–Crippen MR) is 93.6 cm³/mol. The number of hydrogen-bond acceptors (Lipinski definition) is 4. The topological polar surface area (TPSA) is 61.4 Å². The lowest BCUT2D eigenvalue weighted by molar-refractivity contribution is -0.710. The molecule has 0 radical (unpaired) electrons. The zero-order chi connectivity index (χ0) is 17.6. The van der Waals surface area contributed by atoms with Gasteiger partial charge in [-0.05, 0) is 31.2 Å². The van der Waals surface area contributed by atoms with Gasteiger partial charge in [-0.1, -0.05) is 29.8 Å². The van der Waals surface area contributed by atoms with Gasteiger partial charge in [-0.2, -0.15) is 0 Å². The van der Waals surface area contributed by atoms with Crippen molar-refractivity contribution >= 4 is 17.6 Å². The van der Waals surface area contributed by atoms with Crippen molar-refractivity contribution in [1.29, 1.82) is 0 Å². The second-order valence-electron chi connectivity index (χ2n) is 5.76. The van der Waals surface area contributed by atoms with Crippen LogP contribution in [0.5, 0.6) is 11.5 Å². The van der Waals surface area contributed by atoms with E-state index in [1.165, 1.54) is 0 Å². The first-order valence-electron chi connectivity index (χ1n) is 8.29. The minimum atomic E-state index is -0.227. The van der Waals surface area contributed by atoms with Crippen LogP contribution < -0.4 is 14.8 Å². The van der Waals surface area contributed by atoms with Crippen LogP contribution in [0.2, 0.25) is 5.02 Å². The van der Waals surface area contributed by atoms with E-state index < -0.39 is 0 Å². The van der Waals surface area contributed by atoms with Crippen LogP contribution in [0.1, 0.15) is 30.5 Å². The summed E-state index contributed by atoms with van der Waals surface area (Å²) in [6.07, 6.45) is 0.266. The minimum Gasteiger partial charge on any atom is -0.466 e. The van der Waals surface area contributed by atoms with Gasteiger partial charge in [0.25, 0.3) is 0 Å². The van der Waals surface area contributed by atoms with Crippen molar-refractivity contribution in [3.05, 3.63) is 58.6 Å². The molecule has 0 saturated heterocycles. The molecule has 1 aliphatic rings. The molecule has 0 saturated carbocycles. The molecular formula is C19H21ClNO4+. The predicted octanol–water partition coefficient (Wildman–Crippen LogP) is 2.83. The number of carbonyl (C=O) groups excluding carboxylic acids is 1. The van der Waals surface area contributed by atoms with Crippen LogP contribution in [-0.2, 0) is 16.1 Å². The number of hydrogen-bond donors (Lipinski definition) is 1. The Morgan fingerprint density at radius 2 is 2.04 bits per heavy atom. The van der Waals surface area contributed by atoms with E-state index in [2.05, 4.69) is 5.32 Å². The summed E-state index contributed by atoms with van der Waals surface area (Å²) in [6, 6.07) is 13.3. The number of carbonyl (C=O) groups is 1. The third-order valence-electron chi connectivity index (χ3n) is 4.07. The summed E-state index contributed by atoms with van der Waals surface area (Å²) in [7, 11) is 0. The van der Waals surface area contributed by atoms with Gasteiger partial charge in [0.1, 0.15) is 19.0 Å². The van der Waals surface area contributed by atoms with Crippen LogP contribution in [0.15, 0.2) is 42.5 Å². The van der Waals surface area contributed by atoms with Crippen LogP contribution >= 0.6 is 11.6 Å². The Morgan fingerprint density at radius 3 is 2.84 bits per heavy atom. The smallest absolute Gasteiger partial charge is 0.312 e. The molecule has 25 heavy (non-hydrogen) atoms. The second kappa shape index (κ2) is 8.23. The SMILES string of the molecule is CCOC(=O)CC([NH2+]Cc1ccc2c(c1)OCO2)c1ccccc1Cl. The van der Waals surface area contributed by atoms with E-state index in [4.69, 9.17) is 25.8 Å². The maximum Gasteiger partial charge on any atom is 0.312 e. The molecule has 0 bridgehead atoms. The summed E-state index contributed by atoms with van der Waals surface area (Å²) in [6.45, 7) is 3.12. The maximum atomic E-state index is 12.0. The fraction of sp³-hybridized carbons (Fsp3) is 0.316. The van der Waals surface area contributed by atoms with Crippen molar-refractivity contribution in [1.82, 2.24) is 0 Å². The molecule has 2 N–H and O–H groups in total. The first-order chi connectivity index (χ1) is 12.2. The molecule has 0 fully saturated rings. The highest BCUT2D eigenvalue weighted by Gasteiger charge is 2.23. The molecular weight excluding hydrogens is 342 g/mol. The molecule has 1 aliphatic heterocycles. The molecule has 0 aromatic heterocycles. The first kappa shape index (κ1) is 17.6.